The van der Waals surface area contributed by atoms with Crippen LogP contribution in [-0.2, 0) is 6.54 Å². The summed E-state index contributed by atoms with van der Waals surface area (Å²) in [5.41, 5.74) is 4.93. The molecule has 3 rings (SSSR count). The number of hydrazine groups is 1. The van der Waals surface area contributed by atoms with Gasteiger partial charge in [-0.25, -0.2) is 4.68 Å². The van der Waals surface area contributed by atoms with Crippen molar-refractivity contribution in [2.45, 2.75) is 39.7 Å². The molecule has 0 aliphatic heterocycles. The van der Waals surface area contributed by atoms with Gasteiger partial charge in [-0.1, -0.05) is 38.0 Å². The number of ether oxygens (including phenoxy) is 1. The SMILES string of the molecule is CCCCCOc1ccc(C(=O)NNC(=O)c2nn(CC)c(=O)c3ccccc23)cc1. The Kier molecular flexibility index (Phi) is 7.37. The number of unbranched alkanes of at least 4 members (excludes halogenated alkanes) is 2. The van der Waals surface area contributed by atoms with Gasteiger partial charge in [0.05, 0.1) is 12.0 Å². The predicted molar refractivity (Wildman–Crippen MR) is 118 cm³/mol. The molecule has 0 spiro atoms. The number of fused-ring (bicyclic) bond motifs is 1. The van der Waals surface area contributed by atoms with Crippen LogP contribution in [0.5, 0.6) is 5.75 Å². The van der Waals surface area contributed by atoms with Gasteiger partial charge in [0, 0.05) is 17.5 Å². The molecule has 1 aromatic heterocycles. The Morgan fingerprint density at radius 3 is 2.29 bits per heavy atom. The first kappa shape index (κ1) is 22.0. The van der Waals surface area contributed by atoms with Gasteiger partial charge >= 0.3 is 0 Å². The van der Waals surface area contributed by atoms with Crippen LogP contribution >= 0.6 is 0 Å². The Labute approximate surface area is 180 Å². The highest BCUT2D eigenvalue weighted by molar-refractivity contribution is 6.06. The fraction of sp³-hybridized carbons (Fsp3) is 0.304. The lowest BCUT2D eigenvalue weighted by Gasteiger charge is -2.11. The molecule has 0 radical (unpaired) electrons. The maximum absolute atomic E-state index is 12.7. The van der Waals surface area contributed by atoms with Gasteiger partial charge in [0.2, 0.25) is 0 Å². The Morgan fingerprint density at radius 2 is 1.61 bits per heavy atom. The summed E-state index contributed by atoms with van der Waals surface area (Å²) in [5.74, 6) is -0.393. The largest absolute Gasteiger partial charge is 0.494 e. The number of nitrogens with one attached hydrogen (secondary N) is 2. The number of aromatic nitrogens is 2. The minimum absolute atomic E-state index is 0.0631. The average Bonchev–Trinajstić information content (AvgIpc) is 2.81. The Hall–Kier alpha value is -3.68. The molecule has 3 aromatic rings. The second-order valence-electron chi connectivity index (χ2n) is 7.00. The zero-order valence-electron chi connectivity index (χ0n) is 17.7. The molecule has 31 heavy (non-hydrogen) atoms. The molecule has 0 bridgehead atoms. The highest BCUT2D eigenvalue weighted by Gasteiger charge is 2.17. The van der Waals surface area contributed by atoms with Crippen LogP contribution in [0.3, 0.4) is 0 Å². The Bertz CT molecular complexity index is 1120. The van der Waals surface area contributed by atoms with Crippen LogP contribution in [-0.4, -0.2) is 28.2 Å². The molecule has 8 heteroatoms. The molecule has 0 atom stereocenters. The molecular weight excluding hydrogens is 396 g/mol. The van der Waals surface area contributed by atoms with Crippen LogP contribution in [0.2, 0.25) is 0 Å². The molecule has 2 aromatic carbocycles. The third-order valence-corrected chi connectivity index (χ3v) is 4.81. The van der Waals surface area contributed by atoms with E-state index in [9.17, 15) is 14.4 Å². The molecule has 0 saturated carbocycles. The number of aryl methyl sites for hydroxylation is 1. The lowest BCUT2D eigenvalue weighted by Crippen LogP contribution is -2.42. The van der Waals surface area contributed by atoms with Crippen molar-refractivity contribution in [1.29, 1.82) is 0 Å². The third kappa shape index (κ3) is 5.28. The first-order chi connectivity index (χ1) is 15.0. The normalized spacial score (nSPS) is 10.6. The van der Waals surface area contributed by atoms with Gasteiger partial charge in [-0.15, -0.1) is 0 Å². The number of rotatable bonds is 8. The summed E-state index contributed by atoms with van der Waals surface area (Å²) < 4.78 is 6.85. The van der Waals surface area contributed by atoms with Crippen molar-refractivity contribution in [1.82, 2.24) is 20.6 Å². The molecule has 2 amide bonds. The van der Waals surface area contributed by atoms with E-state index in [0.717, 1.165) is 19.3 Å². The van der Waals surface area contributed by atoms with Crippen LogP contribution < -0.4 is 21.1 Å². The van der Waals surface area contributed by atoms with Gasteiger partial charge in [0.15, 0.2) is 5.69 Å². The number of amides is 2. The highest BCUT2D eigenvalue weighted by atomic mass is 16.5. The molecule has 0 aliphatic rings. The first-order valence-corrected chi connectivity index (χ1v) is 10.4. The van der Waals surface area contributed by atoms with Crippen molar-refractivity contribution in [2.24, 2.45) is 0 Å². The quantitative estimate of drug-likeness (QED) is 0.429. The van der Waals surface area contributed by atoms with E-state index < -0.39 is 11.8 Å². The maximum atomic E-state index is 12.7. The molecule has 2 N–H and O–H groups in total. The van der Waals surface area contributed by atoms with Gasteiger partial charge in [-0.3, -0.25) is 25.2 Å². The minimum atomic E-state index is -0.609. The summed E-state index contributed by atoms with van der Waals surface area (Å²) in [4.78, 5) is 37.5. The van der Waals surface area contributed by atoms with Crippen molar-refractivity contribution >= 4 is 22.6 Å². The lowest BCUT2D eigenvalue weighted by atomic mass is 10.1. The number of hydrogen-bond acceptors (Lipinski definition) is 5. The van der Waals surface area contributed by atoms with E-state index in [-0.39, 0.29) is 11.3 Å². The van der Waals surface area contributed by atoms with Crippen LogP contribution in [0.15, 0.2) is 53.3 Å². The number of nitrogens with zero attached hydrogens (tertiary/aromatic N) is 2. The molecule has 0 saturated heterocycles. The summed E-state index contributed by atoms with van der Waals surface area (Å²) >= 11 is 0. The molecule has 162 valence electrons. The van der Waals surface area contributed by atoms with Crippen molar-refractivity contribution < 1.29 is 14.3 Å². The van der Waals surface area contributed by atoms with E-state index in [4.69, 9.17) is 4.74 Å². The van der Waals surface area contributed by atoms with Crippen molar-refractivity contribution in [3.05, 3.63) is 70.1 Å². The molecule has 8 nitrogen and oxygen atoms in total. The second-order valence-corrected chi connectivity index (χ2v) is 7.00. The number of benzene rings is 2. The first-order valence-electron chi connectivity index (χ1n) is 10.4. The highest BCUT2D eigenvalue weighted by Crippen LogP contribution is 2.14. The summed E-state index contributed by atoms with van der Waals surface area (Å²) in [6.07, 6.45) is 3.22. The van der Waals surface area contributed by atoms with Gasteiger partial charge in [0.25, 0.3) is 17.4 Å². The van der Waals surface area contributed by atoms with E-state index in [1.54, 1.807) is 55.5 Å². The van der Waals surface area contributed by atoms with E-state index in [1.807, 2.05) is 0 Å². The molecule has 1 heterocycles. The van der Waals surface area contributed by atoms with Gasteiger partial charge < -0.3 is 4.74 Å². The Balaban J connectivity index is 1.66. The Morgan fingerprint density at radius 1 is 0.935 bits per heavy atom. The topological polar surface area (TPSA) is 102 Å². The smallest absolute Gasteiger partial charge is 0.290 e. The minimum Gasteiger partial charge on any atom is -0.494 e. The summed E-state index contributed by atoms with van der Waals surface area (Å²) in [6, 6.07) is 13.4. The van der Waals surface area contributed by atoms with Gasteiger partial charge in [0.1, 0.15) is 5.75 Å². The summed E-state index contributed by atoms with van der Waals surface area (Å²) in [5, 5.41) is 4.97. The standard InChI is InChI=1S/C23H26N4O4/c1-3-5-8-15-31-17-13-11-16(12-14-17)21(28)24-25-22(29)20-18-9-6-7-10-19(18)23(30)27(4-2)26-20/h6-7,9-14H,3-5,8,15H2,1-2H3,(H,24,28)(H,25,29). The predicted octanol–water partition coefficient (Wildman–Crippen LogP) is 3.06. The molecule has 0 fully saturated rings. The fourth-order valence-electron chi connectivity index (χ4n) is 3.11. The van der Waals surface area contributed by atoms with Crippen molar-refractivity contribution in [3.8, 4) is 5.75 Å². The lowest BCUT2D eigenvalue weighted by molar-refractivity contribution is 0.0843. The van der Waals surface area contributed by atoms with E-state index in [2.05, 4.69) is 22.9 Å². The van der Waals surface area contributed by atoms with Crippen LogP contribution in [0.1, 0.15) is 54.0 Å². The fourth-order valence-corrected chi connectivity index (χ4v) is 3.11. The van der Waals surface area contributed by atoms with Crippen molar-refractivity contribution in [3.63, 3.8) is 0 Å². The van der Waals surface area contributed by atoms with Crippen LogP contribution in [0.4, 0.5) is 0 Å². The van der Waals surface area contributed by atoms with Gasteiger partial charge in [-0.05, 0) is 43.7 Å². The third-order valence-electron chi connectivity index (χ3n) is 4.81. The van der Waals surface area contributed by atoms with Crippen LogP contribution in [0, 0.1) is 0 Å². The van der Waals surface area contributed by atoms with E-state index in [1.165, 1.54) is 4.68 Å². The second kappa shape index (κ2) is 10.4. The maximum Gasteiger partial charge on any atom is 0.290 e. The zero-order valence-corrected chi connectivity index (χ0v) is 17.7. The monoisotopic (exact) mass is 422 g/mol. The van der Waals surface area contributed by atoms with E-state index >= 15 is 0 Å². The average molecular weight is 422 g/mol. The van der Waals surface area contributed by atoms with Crippen LogP contribution in [0.25, 0.3) is 10.8 Å². The molecular formula is C23H26N4O4. The van der Waals surface area contributed by atoms with Gasteiger partial charge in [-0.2, -0.15) is 5.10 Å². The number of hydrogen-bond donors (Lipinski definition) is 2. The van der Waals surface area contributed by atoms with E-state index in [0.29, 0.717) is 35.2 Å². The number of carbonyl (C=O) groups is 2. The zero-order chi connectivity index (χ0) is 22.2. The number of carbonyl (C=O) groups excluding carboxylic acids is 2. The molecule has 0 aliphatic carbocycles. The summed E-state index contributed by atoms with van der Waals surface area (Å²) in [6.45, 7) is 4.86. The summed E-state index contributed by atoms with van der Waals surface area (Å²) in [7, 11) is 0. The molecule has 0 unspecified atom stereocenters. The van der Waals surface area contributed by atoms with Crippen molar-refractivity contribution in [2.75, 3.05) is 6.61 Å².